The van der Waals surface area contributed by atoms with Gasteiger partial charge in [0.05, 0.1) is 11.9 Å². The first-order valence-corrected chi connectivity index (χ1v) is 8.65. The molecule has 0 aliphatic carbocycles. The number of fused-ring (bicyclic) bond motifs is 1. The number of hydrogen-bond acceptors (Lipinski definition) is 4. The minimum absolute atomic E-state index is 0.134. The van der Waals surface area contributed by atoms with E-state index in [-0.39, 0.29) is 5.92 Å². The second-order valence-corrected chi connectivity index (χ2v) is 6.50. The van der Waals surface area contributed by atoms with Gasteiger partial charge in [-0.15, -0.1) is 0 Å². The first-order chi connectivity index (χ1) is 12.4. The second-order valence-electron chi connectivity index (χ2n) is 6.50. The van der Waals surface area contributed by atoms with Crippen LogP contribution < -0.4 is 0 Å². The summed E-state index contributed by atoms with van der Waals surface area (Å²) >= 11 is 0. The summed E-state index contributed by atoms with van der Waals surface area (Å²) in [5.74, 6) is -0.851. The average molecular weight is 350 g/mol. The Kier molecular flexibility index (Phi) is 4.84. The fourth-order valence-corrected chi connectivity index (χ4v) is 3.13. The Hall–Kier alpha value is -3.02. The van der Waals surface area contributed by atoms with Crippen LogP contribution in [-0.4, -0.2) is 30.8 Å². The molecule has 3 aromatic heterocycles. The molecule has 0 saturated carbocycles. The van der Waals surface area contributed by atoms with Crippen molar-refractivity contribution in [3.8, 4) is 11.1 Å². The summed E-state index contributed by atoms with van der Waals surface area (Å²) in [5.41, 5.74) is 5.31. The third-order valence-electron chi connectivity index (χ3n) is 4.28. The van der Waals surface area contributed by atoms with Gasteiger partial charge in [0.15, 0.2) is 5.65 Å². The molecule has 134 valence electrons. The van der Waals surface area contributed by atoms with E-state index in [1.54, 1.807) is 18.5 Å². The lowest BCUT2D eigenvalue weighted by molar-refractivity contribution is -0.131. The van der Waals surface area contributed by atoms with Crippen molar-refractivity contribution in [2.75, 3.05) is 0 Å². The van der Waals surface area contributed by atoms with E-state index in [2.05, 4.69) is 23.9 Å². The monoisotopic (exact) mass is 350 g/mol. The topological polar surface area (TPSA) is 80.9 Å². The number of aromatic nitrogens is 4. The van der Waals surface area contributed by atoms with Crippen molar-refractivity contribution in [3.05, 3.63) is 47.6 Å². The Labute approximate surface area is 152 Å². The van der Waals surface area contributed by atoms with E-state index in [9.17, 15) is 4.79 Å². The maximum Gasteiger partial charge on any atom is 0.328 e. The lowest BCUT2D eigenvalue weighted by Gasteiger charge is -2.16. The van der Waals surface area contributed by atoms with E-state index in [0.717, 1.165) is 45.2 Å². The van der Waals surface area contributed by atoms with E-state index in [4.69, 9.17) is 10.1 Å². The van der Waals surface area contributed by atoms with Gasteiger partial charge in [0.2, 0.25) is 0 Å². The molecule has 3 aromatic rings. The van der Waals surface area contributed by atoms with Crippen LogP contribution in [0.15, 0.2) is 30.6 Å². The molecule has 6 nitrogen and oxygen atoms in total. The summed E-state index contributed by atoms with van der Waals surface area (Å²) in [7, 11) is 0. The number of carboxylic acid groups (broad SMARTS) is 1. The Morgan fingerprint density at radius 1 is 1.38 bits per heavy atom. The minimum atomic E-state index is -0.985. The van der Waals surface area contributed by atoms with Crippen molar-refractivity contribution >= 4 is 23.1 Å². The first kappa shape index (κ1) is 17.8. The molecule has 26 heavy (non-hydrogen) atoms. The molecule has 0 atom stereocenters. The molecule has 0 aromatic carbocycles. The lowest BCUT2D eigenvalue weighted by Crippen LogP contribution is -2.04. The number of aliphatic carboxylic acids is 1. The van der Waals surface area contributed by atoms with Crippen LogP contribution in [0, 0.1) is 6.92 Å². The van der Waals surface area contributed by atoms with Gasteiger partial charge in [0.1, 0.15) is 0 Å². The number of aryl methyl sites for hydroxylation is 2. The third-order valence-corrected chi connectivity index (χ3v) is 4.28. The van der Waals surface area contributed by atoms with E-state index in [1.165, 1.54) is 0 Å². The molecule has 0 spiro atoms. The third kappa shape index (κ3) is 3.22. The molecule has 0 aliphatic rings. The summed E-state index contributed by atoms with van der Waals surface area (Å²) < 4.78 is 1.86. The molecule has 0 radical (unpaired) electrons. The van der Waals surface area contributed by atoms with Gasteiger partial charge in [-0.3, -0.25) is 4.98 Å². The van der Waals surface area contributed by atoms with Crippen molar-refractivity contribution in [2.24, 2.45) is 0 Å². The molecule has 0 fully saturated rings. The van der Waals surface area contributed by atoms with Gasteiger partial charge in [-0.1, -0.05) is 13.8 Å². The number of carbonyl (C=O) groups is 1. The second kappa shape index (κ2) is 7.07. The fraction of sp³-hybridized carbons (Fsp3) is 0.300. The number of pyridine rings is 2. The lowest BCUT2D eigenvalue weighted by atomic mass is 9.92. The van der Waals surface area contributed by atoms with Gasteiger partial charge < -0.3 is 5.11 Å². The molecule has 6 heteroatoms. The molecular formula is C20H22N4O2. The normalized spacial score (nSPS) is 11.7. The van der Waals surface area contributed by atoms with Crippen molar-refractivity contribution in [2.45, 2.75) is 40.2 Å². The standard InChI is InChI=1S/C20H22N4O2/c1-5-24-20-16(11-22-24)18(14-8-9-21-13(4)10-14)15(6-7-17(25)26)19(23-20)12(2)3/h6-12H,5H2,1-4H3,(H,25,26)/b7-6+. The van der Waals surface area contributed by atoms with E-state index in [1.807, 2.05) is 30.7 Å². The summed E-state index contributed by atoms with van der Waals surface area (Å²) in [4.78, 5) is 20.2. The number of nitrogens with zero attached hydrogens (tertiary/aromatic N) is 4. The Morgan fingerprint density at radius 2 is 2.15 bits per heavy atom. The maximum atomic E-state index is 11.1. The highest BCUT2D eigenvalue weighted by Gasteiger charge is 2.20. The van der Waals surface area contributed by atoms with Crippen LogP contribution in [0.2, 0.25) is 0 Å². The quantitative estimate of drug-likeness (QED) is 0.702. The van der Waals surface area contributed by atoms with Gasteiger partial charge in [0, 0.05) is 41.0 Å². The molecule has 0 amide bonds. The largest absolute Gasteiger partial charge is 0.478 e. The summed E-state index contributed by atoms with van der Waals surface area (Å²) in [6.07, 6.45) is 6.37. The van der Waals surface area contributed by atoms with Crippen LogP contribution in [0.25, 0.3) is 28.2 Å². The molecule has 0 bridgehead atoms. The van der Waals surface area contributed by atoms with Gasteiger partial charge in [-0.25, -0.2) is 14.5 Å². The average Bonchev–Trinajstić information content (AvgIpc) is 3.01. The summed E-state index contributed by atoms with van der Waals surface area (Å²) in [5, 5.41) is 14.5. The molecule has 3 heterocycles. The van der Waals surface area contributed by atoms with E-state index in [0.29, 0.717) is 6.54 Å². The minimum Gasteiger partial charge on any atom is -0.478 e. The van der Waals surface area contributed by atoms with E-state index >= 15 is 0 Å². The molecule has 0 unspecified atom stereocenters. The molecule has 0 aliphatic heterocycles. The van der Waals surface area contributed by atoms with Crippen LogP contribution in [0.1, 0.15) is 43.6 Å². The fourth-order valence-electron chi connectivity index (χ4n) is 3.13. The van der Waals surface area contributed by atoms with Gasteiger partial charge in [-0.2, -0.15) is 5.10 Å². The van der Waals surface area contributed by atoms with Crippen molar-refractivity contribution in [1.29, 1.82) is 0 Å². The Morgan fingerprint density at radius 3 is 2.77 bits per heavy atom. The highest BCUT2D eigenvalue weighted by molar-refractivity contribution is 5.99. The highest BCUT2D eigenvalue weighted by Crippen LogP contribution is 2.36. The summed E-state index contributed by atoms with van der Waals surface area (Å²) in [6, 6.07) is 3.94. The van der Waals surface area contributed by atoms with Gasteiger partial charge in [0.25, 0.3) is 0 Å². The van der Waals surface area contributed by atoms with Crippen LogP contribution in [0.3, 0.4) is 0 Å². The maximum absolute atomic E-state index is 11.1. The van der Waals surface area contributed by atoms with Crippen molar-refractivity contribution in [3.63, 3.8) is 0 Å². The SMILES string of the molecule is CCn1ncc2c(-c3ccnc(C)c3)c(/C=C/C(=O)O)c(C(C)C)nc21. The van der Waals surface area contributed by atoms with Gasteiger partial charge in [-0.05, 0) is 43.5 Å². The molecule has 3 rings (SSSR count). The van der Waals surface area contributed by atoms with Crippen LogP contribution in [-0.2, 0) is 11.3 Å². The zero-order valence-electron chi connectivity index (χ0n) is 15.4. The van der Waals surface area contributed by atoms with Crippen LogP contribution in [0.4, 0.5) is 0 Å². The Balaban J connectivity index is 2.45. The number of carboxylic acids is 1. The zero-order valence-corrected chi connectivity index (χ0v) is 15.4. The van der Waals surface area contributed by atoms with Gasteiger partial charge >= 0.3 is 5.97 Å². The van der Waals surface area contributed by atoms with Crippen molar-refractivity contribution < 1.29 is 9.90 Å². The predicted molar refractivity (Wildman–Crippen MR) is 102 cm³/mol. The summed E-state index contributed by atoms with van der Waals surface area (Å²) in [6.45, 7) is 8.79. The zero-order chi connectivity index (χ0) is 18.8. The number of hydrogen-bond donors (Lipinski definition) is 1. The number of rotatable bonds is 5. The first-order valence-electron chi connectivity index (χ1n) is 8.65. The van der Waals surface area contributed by atoms with Crippen molar-refractivity contribution in [1.82, 2.24) is 19.7 Å². The predicted octanol–water partition coefficient (Wildman–Crippen LogP) is 4.04. The van der Waals surface area contributed by atoms with E-state index < -0.39 is 5.97 Å². The highest BCUT2D eigenvalue weighted by atomic mass is 16.4. The van der Waals surface area contributed by atoms with Crippen LogP contribution in [0.5, 0.6) is 0 Å². The molecule has 0 saturated heterocycles. The van der Waals surface area contributed by atoms with Crippen LogP contribution >= 0.6 is 0 Å². The molecular weight excluding hydrogens is 328 g/mol. The smallest absolute Gasteiger partial charge is 0.328 e. The Bertz CT molecular complexity index is 1000. The molecule has 1 N–H and O–H groups in total.